The quantitative estimate of drug-likeness (QED) is 0.604. The average molecular weight is 426 g/mol. The minimum atomic E-state index is -0.874. The monoisotopic (exact) mass is 426 g/mol. The Labute approximate surface area is 178 Å². The Morgan fingerprint density at radius 1 is 1.32 bits per heavy atom. The number of carbonyl (C=O) groups is 1. The van der Waals surface area contributed by atoms with Gasteiger partial charge in [-0.1, -0.05) is 12.1 Å². The number of carbonyl (C=O) groups excluding carboxylic acids is 1. The third kappa shape index (κ3) is 4.77. The highest BCUT2D eigenvalue weighted by atomic mass is 19.1. The lowest BCUT2D eigenvalue weighted by Crippen LogP contribution is -2.40. The second-order valence-corrected chi connectivity index (χ2v) is 7.32. The first-order chi connectivity index (χ1) is 15.0. The van der Waals surface area contributed by atoms with Gasteiger partial charge in [0.15, 0.2) is 11.5 Å². The van der Waals surface area contributed by atoms with E-state index in [2.05, 4.69) is 15.5 Å². The van der Waals surface area contributed by atoms with Crippen molar-refractivity contribution in [1.82, 2.24) is 15.1 Å². The summed E-state index contributed by atoms with van der Waals surface area (Å²) < 4.78 is 32.0. The molecule has 9 heteroatoms. The summed E-state index contributed by atoms with van der Waals surface area (Å²) in [6.07, 6.45) is 2.23. The third-order valence-corrected chi connectivity index (χ3v) is 4.73. The molecule has 0 saturated carbocycles. The summed E-state index contributed by atoms with van der Waals surface area (Å²) in [5.74, 6) is 0.447. The Hall–Kier alpha value is -3.59. The maximum absolute atomic E-state index is 14.8. The molecule has 1 aliphatic heterocycles. The summed E-state index contributed by atoms with van der Waals surface area (Å²) in [5, 5.41) is 9.25. The smallest absolute Gasteiger partial charge is 0.269 e. The van der Waals surface area contributed by atoms with Crippen molar-refractivity contribution in [3.63, 3.8) is 0 Å². The molecule has 162 valence electrons. The maximum atomic E-state index is 14.8. The van der Waals surface area contributed by atoms with Crippen LogP contribution in [0, 0.1) is 5.82 Å². The zero-order valence-corrected chi connectivity index (χ0v) is 17.2. The summed E-state index contributed by atoms with van der Waals surface area (Å²) in [4.78, 5) is 14.8. The Kier molecular flexibility index (Phi) is 6.03. The van der Waals surface area contributed by atoms with E-state index >= 15 is 0 Å². The Morgan fingerprint density at radius 3 is 2.87 bits per heavy atom. The van der Waals surface area contributed by atoms with Gasteiger partial charge in [0, 0.05) is 29.9 Å². The second-order valence-electron chi connectivity index (χ2n) is 7.32. The van der Waals surface area contributed by atoms with Gasteiger partial charge in [0.25, 0.3) is 5.91 Å². The standard InChI is InChI=1S/C22H23FN4O4/c1-27(2)7-8-29-20-9-15(14-11-24-25-12-14)16(23)10-17(20)26-22(28)21-13-30-18-5-3-4-6-19(18)31-21/h3-6,9-12,21H,7-8,13H2,1-2H3,(H,24,25)(H,26,28)/t21-/m0/s1. The number of fused-ring (bicyclic) bond motifs is 1. The molecule has 0 bridgehead atoms. The molecule has 3 aromatic rings. The first-order valence-electron chi connectivity index (χ1n) is 9.81. The number of H-pyrrole nitrogens is 1. The minimum Gasteiger partial charge on any atom is -0.490 e. The minimum absolute atomic E-state index is 0.0508. The van der Waals surface area contributed by atoms with Gasteiger partial charge >= 0.3 is 0 Å². The number of likely N-dealkylation sites (N-methyl/N-ethyl adjacent to an activating group) is 1. The Bertz CT molecular complexity index is 1060. The number of rotatable bonds is 7. The van der Waals surface area contributed by atoms with Gasteiger partial charge in [-0.25, -0.2) is 4.39 Å². The van der Waals surface area contributed by atoms with E-state index < -0.39 is 17.8 Å². The van der Waals surface area contributed by atoms with Gasteiger partial charge in [-0.15, -0.1) is 0 Å². The number of anilines is 1. The van der Waals surface area contributed by atoms with Crippen molar-refractivity contribution in [3.8, 4) is 28.4 Å². The highest BCUT2D eigenvalue weighted by molar-refractivity contribution is 5.96. The molecule has 0 spiro atoms. The van der Waals surface area contributed by atoms with Crippen molar-refractivity contribution in [2.24, 2.45) is 0 Å². The summed E-state index contributed by atoms with van der Waals surface area (Å²) in [7, 11) is 3.84. The lowest BCUT2D eigenvalue weighted by Gasteiger charge is -2.26. The number of hydrogen-bond donors (Lipinski definition) is 2. The topological polar surface area (TPSA) is 88.7 Å². The fraction of sp³-hybridized carbons (Fsp3) is 0.273. The lowest BCUT2D eigenvalue weighted by molar-refractivity contribution is -0.125. The second kappa shape index (κ2) is 9.05. The first kappa shape index (κ1) is 20.7. The molecule has 2 heterocycles. The number of amides is 1. The van der Waals surface area contributed by atoms with Crippen LogP contribution >= 0.6 is 0 Å². The van der Waals surface area contributed by atoms with Crippen molar-refractivity contribution < 1.29 is 23.4 Å². The molecule has 2 aromatic carbocycles. The van der Waals surface area contributed by atoms with Gasteiger partial charge < -0.3 is 24.4 Å². The third-order valence-electron chi connectivity index (χ3n) is 4.73. The number of halogens is 1. The number of nitrogens with zero attached hydrogens (tertiary/aromatic N) is 2. The molecule has 0 aliphatic carbocycles. The van der Waals surface area contributed by atoms with E-state index in [1.54, 1.807) is 30.5 Å². The molecular weight excluding hydrogens is 403 g/mol. The van der Waals surface area contributed by atoms with Crippen molar-refractivity contribution in [3.05, 3.63) is 54.6 Å². The summed E-state index contributed by atoms with van der Waals surface area (Å²) in [6.45, 7) is 1.07. The molecule has 0 unspecified atom stereocenters. The molecular formula is C22H23FN4O4. The zero-order valence-electron chi connectivity index (χ0n) is 17.2. The predicted octanol–water partition coefficient (Wildman–Crippen LogP) is 2.93. The van der Waals surface area contributed by atoms with Crippen LogP contribution in [0.15, 0.2) is 48.8 Å². The van der Waals surface area contributed by atoms with Gasteiger partial charge in [-0.05, 0) is 32.3 Å². The molecule has 1 aromatic heterocycles. The lowest BCUT2D eigenvalue weighted by atomic mass is 10.1. The number of ether oxygens (including phenoxy) is 3. The van der Waals surface area contributed by atoms with Gasteiger partial charge in [0.05, 0.1) is 11.9 Å². The van der Waals surface area contributed by atoms with Gasteiger partial charge in [0.2, 0.25) is 6.10 Å². The normalized spacial score (nSPS) is 15.0. The van der Waals surface area contributed by atoms with Crippen molar-refractivity contribution >= 4 is 11.6 Å². The fourth-order valence-corrected chi connectivity index (χ4v) is 3.09. The summed E-state index contributed by atoms with van der Waals surface area (Å²) in [5.41, 5.74) is 1.11. The van der Waals surface area contributed by atoms with E-state index in [0.717, 1.165) is 0 Å². The highest BCUT2D eigenvalue weighted by Gasteiger charge is 2.28. The average Bonchev–Trinajstić information content (AvgIpc) is 3.29. The predicted molar refractivity (Wildman–Crippen MR) is 113 cm³/mol. The van der Waals surface area contributed by atoms with Crippen LogP contribution in [0.4, 0.5) is 10.1 Å². The molecule has 1 aliphatic rings. The molecule has 0 radical (unpaired) electrons. The van der Waals surface area contributed by atoms with Crippen LogP contribution in [0.1, 0.15) is 0 Å². The molecule has 0 fully saturated rings. The van der Waals surface area contributed by atoms with Gasteiger partial charge in [-0.2, -0.15) is 5.10 Å². The number of hydrogen-bond acceptors (Lipinski definition) is 6. The van der Waals surface area contributed by atoms with Crippen molar-refractivity contribution in [2.45, 2.75) is 6.10 Å². The van der Waals surface area contributed by atoms with Crippen molar-refractivity contribution in [1.29, 1.82) is 0 Å². The SMILES string of the molecule is CN(C)CCOc1cc(-c2cn[nH]c2)c(F)cc1NC(=O)[C@@H]1COc2ccccc2O1. The molecule has 31 heavy (non-hydrogen) atoms. The van der Waals surface area contributed by atoms with Crippen LogP contribution in [-0.2, 0) is 4.79 Å². The van der Waals surface area contributed by atoms with Crippen molar-refractivity contribution in [2.75, 3.05) is 39.2 Å². The van der Waals surface area contributed by atoms with E-state index in [9.17, 15) is 9.18 Å². The van der Waals surface area contributed by atoms with Crippen LogP contribution in [0.25, 0.3) is 11.1 Å². The number of benzene rings is 2. The Balaban J connectivity index is 1.56. The number of aromatic nitrogens is 2. The zero-order chi connectivity index (χ0) is 21.8. The molecule has 0 saturated heterocycles. The molecule has 4 rings (SSSR count). The van der Waals surface area contributed by atoms with Crippen LogP contribution in [0.3, 0.4) is 0 Å². The van der Waals surface area contributed by atoms with Crippen LogP contribution < -0.4 is 19.5 Å². The molecule has 8 nitrogen and oxygen atoms in total. The number of aromatic amines is 1. The number of para-hydroxylation sites is 2. The molecule has 1 amide bonds. The molecule has 2 N–H and O–H groups in total. The van der Waals surface area contributed by atoms with Crippen LogP contribution in [0.5, 0.6) is 17.2 Å². The van der Waals surface area contributed by atoms with Crippen LogP contribution in [-0.4, -0.2) is 61.0 Å². The van der Waals surface area contributed by atoms with Crippen LogP contribution in [0.2, 0.25) is 0 Å². The summed E-state index contributed by atoms with van der Waals surface area (Å²) in [6, 6.07) is 9.91. The largest absolute Gasteiger partial charge is 0.490 e. The van der Waals surface area contributed by atoms with E-state index in [0.29, 0.717) is 41.5 Å². The van der Waals surface area contributed by atoms with E-state index in [1.807, 2.05) is 25.1 Å². The first-order valence-corrected chi connectivity index (χ1v) is 9.81. The highest BCUT2D eigenvalue weighted by Crippen LogP contribution is 2.35. The molecule has 1 atom stereocenters. The van der Waals surface area contributed by atoms with Gasteiger partial charge in [-0.3, -0.25) is 9.89 Å². The van der Waals surface area contributed by atoms with E-state index in [1.165, 1.54) is 12.3 Å². The van der Waals surface area contributed by atoms with Gasteiger partial charge in [0.1, 0.15) is 24.8 Å². The number of nitrogens with one attached hydrogen (secondary N) is 2. The summed E-state index contributed by atoms with van der Waals surface area (Å²) >= 11 is 0. The van der Waals surface area contributed by atoms with E-state index in [-0.39, 0.29) is 12.3 Å². The fourth-order valence-electron chi connectivity index (χ4n) is 3.09. The Morgan fingerprint density at radius 2 is 2.13 bits per heavy atom. The maximum Gasteiger partial charge on any atom is 0.269 e. The van der Waals surface area contributed by atoms with E-state index in [4.69, 9.17) is 14.2 Å².